The van der Waals surface area contributed by atoms with E-state index in [1.165, 1.54) is 18.2 Å². The summed E-state index contributed by atoms with van der Waals surface area (Å²) in [5.41, 5.74) is 7.18. The Morgan fingerprint density at radius 1 is 1.19 bits per heavy atom. The van der Waals surface area contributed by atoms with Gasteiger partial charge in [0.15, 0.2) is 0 Å². The zero-order valence-electron chi connectivity index (χ0n) is 13.8. The first-order valence-electron chi connectivity index (χ1n) is 8.04. The Balaban J connectivity index is 2.08. The van der Waals surface area contributed by atoms with Crippen LogP contribution >= 0.6 is 11.6 Å². The summed E-state index contributed by atoms with van der Waals surface area (Å²) in [6.07, 6.45) is 0. The lowest BCUT2D eigenvalue weighted by atomic mass is 9.81. The molecule has 0 aliphatic carbocycles. The van der Waals surface area contributed by atoms with Crippen molar-refractivity contribution in [1.82, 2.24) is 0 Å². The minimum atomic E-state index is -0.669. The van der Waals surface area contributed by atoms with Crippen LogP contribution in [0, 0.1) is 21.4 Å². The lowest BCUT2D eigenvalue weighted by Gasteiger charge is -2.28. The van der Waals surface area contributed by atoms with Crippen molar-refractivity contribution in [3.63, 3.8) is 0 Å². The van der Waals surface area contributed by atoms with Gasteiger partial charge in [0.2, 0.25) is 5.88 Å². The van der Waals surface area contributed by atoms with Gasteiger partial charge in [-0.15, -0.1) is 0 Å². The third-order valence-electron chi connectivity index (χ3n) is 4.62. The molecule has 0 amide bonds. The summed E-state index contributed by atoms with van der Waals surface area (Å²) in [4.78, 5) is 10.8. The average molecular weight is 378 g/mol. The number of nitro benzene ring substituents is 1. The molecule has 3 aromatic carbocycles. The molecule has 0 aromatic heterocycles. The van der Waals surface area contributed by atoms with Gasteiger partial charge in [0.1, 0.15) is 17.4 Å². The number of fused-ring (bicyclic) bond motifs is 3. The van der Waals surface area contributed by atoms with Gasteiger partial charge in [-0.2, -0.15) is 5.26 Å². The molecule has 27 heavy (non-hydrogen) atoms. The highest BCUT2D eigenvalue weighted by Crippen LogP contribution is 2.47. The van der Waals surface area contributed by atoms with Gasteiger partial charge < -0.3 is 10.5 Å². The number of allylic oxidation sites excluding steroid dienone is 1. The number of non-ortho nitro benzene ring substituents is 1. The molecule has 6 nitrogen and oxygen atoms in total. The molecule has 0 saturated heterocycles. The van der Waals surface area contributed by atoms with Gasteiger partial charge in [0.25, 0.3) is 5.69 Å². The summed E-state index contributed by atoms with van der Waals surface area (Å²) in [7, 11) is 0. The number of nitro groups is 1. The largest absolute Gasteiger partial charge is 0.440 e. The smallest absolute Gasteiger partial charge is 0.269 e. The van der Waals surface area contributed by atoms with Crippen molar-refractivity contribution in [2.75, 3.05) is 0 Å². The van der Waals surface area contributed by atoms with Crippen LogP contribution in [0.15, 0.2) is 66.1 Å². The van der Waals surface area contributed by atoms with E-state index in [2.05, 4.69) is 6.07 Å². The zero-order chi connectivity index (χ0) is 19.1. The number of ether oxygens (including phenoxy) is 1. The van der Waals surface area contributed by atoms with E-state index in [0.717, 1.165) is 10.8 Å². The first kappa shape index (κ1) is 16.9. The predicted octanol–water partition coefficient (Wildman–Crippen LogP) is 4.62. The first-order chi connectivity index (χ1) is 13.0. The van der Waals surface area contributed by atoms with Crippen molar-refractivity contribution >= 4 is 28.1 Å². The molecule has 0 spiro atoms. The molecule has 7 heteroatoms. The molecule has 4 rings (SSSR count). The average Bonchev–Trinajstić information content (AvgIpc) is 2.67. The molecular weight excluding hydrogens is 366 g/mol. The molecule has 1 atom stereocenters. The van der Waals surface area contributed by atoms with Crippen LogP contribution in [-0.2, 0) is 0 Å². The Morgan fingerprint density at radius 3 is 2.70 bits per heavy atom. The van der Waals surface area contributed by atoms with E-state index in [4.69, 9.17) is 22.1 Å². The Bertz CT molecular complexity index is 1180. The highest BCUT2D eigenvalue weighted by molar-refractivity contribution is 6.31. The van der Waals surface area contributed by atoms with Crippen molar-refractivity contribution in [3.8, 4) is 11.8 Å². The highest BCUT2D eigenvalue weighted by atomic mass is 35.5. The number of hydrogen-bond donors (Lipinski definition) is 1. The van der Waals surface area contributed by atoms with Crippen LogP contribution in [0.1, 0.15) is 17.0 Å². The second-order valence-electron chi connectivity index (χ2n) is 6.09. The van der Waals surface area contributed by atoms with Crippen LogP contribution in [0.25, 0.3) is 10.8 Å². The Kier molecular flexibility index (Phi) is 3.94. The lowest BCUT2D eigenvalue weighted by molar-refractivity contribution is -0.384. The maximum atomic E-state index is 11.3. The third kappa shape index (κ3) is 2.65. The van der Waals surface area contributed by atoms with Crippen molar-refractivity contribution in [1.29, 1.82) is 5.26 Å². The van der Waals surface area contributed by atoms with Crippen molar-refractivity contribution in [2.24, 2.45) is 5.73 Å². The fraction of sp³-hybridized carbons (Fsp3) is 0.0500. The number of nitrogens with two attached hydrogens (primary N) is 1. The molecule has 3 aromatic rings. The summed E-state index contributed by atoms with van der Waals surface area (Å²) >= 11 is 6.39. The van der Waals surface area contributed by atoms with E-state index in [-0.39, 0.29) is 17.1 Å². The third-order valence-corrected chi connectivity index (χ3v) is 4.96. The van der Waals surface area contributed by atoms with Crippen LogP contribution in [0.3, 0.4) is 0 Å². The minimum absolute atomic E-state index is 0.0344. The summed E-state index contributed by atoms with van der Waals surface area (Å²) in [6.45, 7) is 0. The standard InChI is InChI=1S/C20H12ClN3O3/c21-16-7-6-12(24(25)26)9-14(16)18-15(10-22)20(23)27-17-8-5-11-3-1-2-4-13(11)19(17)18/h1-9,18H,23H2. The van der Waals surface area contributed by atoms with Crippen LogP contribution in [0.2, 0.25) is 5.02 Å². The minimum Gasteiger partial charge on any atom is -0.440 e. The highest BCUT2D eigenvalue weighted by Gasteiger charge is 2.34. The molecule has 1 unspecified atom stereocenters. The molecule has 2 N–H and O–H groups in total. The van der Waals surface area contributed by atoms with Crippen LogP contribution in [0.4, 0.5) is 5.69 Å². The fourth-order valence-electron chi connectivity index (χ4n) is 3.42. The number of nitrogens with zero attached hydrogens (tertiary/aromatic N) is 2. The van der Waals surface area contributed by atoms with E-state index < -0.39 is 10.8 Å². The lowest BCUT2D eigenvalue weighted by Crippen LogP contribution is -2.21. The van der Waals surface area contributed by atoms with Gasteiger partial charge in [-0.1, -0.05) is 41.9 Å². The fourth-order valence-corrected chi connectivity index (χ4v) is 3.65. The van der Waals surface area contributed by atoms with Crippen molar-refractivity contribution in [3.05, 3.63) is 92.3 Å². The number of halogens is 1. The monoisotopic (exact) mass is 377 g/mol. The normalized spacial score (nSPS) is 15.8. The van der Waals surface area contributed by atoms with Gasteiger partial charge in [-0.25, -0.2) is 0 Å². The molecule has 132 valence electrons. The van der Waals surface area contributed by atoms with Crippen LogP contribution in [-0.4, -0.2) is 4.92 Å². The summed E-state index contributed by atoms with van der Waals surface area (Å²) < 4.78 is 5.67. The molecule has 1 heterocycles. The molecule has 1 aliphatic heterocycles. The second-order valence-corrected chi connectivity index (χ2v) is 6.49. The number of nitriles is 1. The van der Waals surface area contributed by atoms with E-state index in [9.17, 15) is 15.4 Å². The molecule has 0 saturated carbocycles. The van der Waals surface area contributed by atoms with Gasteiger partial charge >= 0.3 is 0 Å². The van der Waals surface area contributed by atoms with E-state index in [1.807, 2.05) is 30.3 Å². The first-order valence-corrected chi connectivity index (χ1v) is 8.42. The number of rotatable bonds is 2. The molecule has 0 bridgehead atoms. The van der Waals surface area contributed by atoms with Crippen molar-refractivity contribution < 1.29 is 9.66 Å². The Labute approximate surface area is 159 Å². The molecule has 0 radical (unpaired) electrons. The topological polar surface area (TPSA) is 102 Å². The van der Waals surface area contributed by atoms with Gasteiger partial charge in [0, 0.05) is 22.7 Å². The molecule has 1 aliphatic rings. The van der Waals surface area contributed by atoms with Crippen LogP contribution in [0.5, 0.6) is 5.75 Å². The number of benzene rings is 3. The van der Waals surface area contributed by atoms with E-state index >= 15 is 0 Å². The van der Waals surface area contributed by atoms with Crippen molar-refractivity contribution in [2.45, 2.75) is 5.92 Å². The van der Waals surface area contributed by atoms with E-state index in [1.54, 1.807) is 6.07 Å². The summed E-state index contributed by atoms with van der Waals surface area (Å²) in [5, 5.41) is 23.1. The van der Waals surface area contributed by atoms with Gasteiger partial charge in [-0.05, 0) is 28.5 Å². The summed E-state index contributed by atoms with van der Waals surface area (Å²) in [5.74, 6) is -0.206. The molecular formula is C20H12ClN3O3. The van der Waals surface area contributed by atoms with Gasteiger partial charge in [0.05, 0.1) is 10.8 Å². The van der Waals surface area contributed by atoms with Gasteiger partial charge in [-0.3, -0.25) is 10.1 Å². The molecule has 0 fully saturated rings. The Hall–Kier alpha value is -3.56. The van der Waals surface area contributed by atoms with E-state index in [0.29, 0.717) is 21.9 Å². The quantitative estimate of drug-likeness (QED) is 0.518. The summed E-state index contributed by atoms with van der Waals surface area (Å²) in [6, 6.07) is 17.6. The zero-order valence-corrected chi connectivity index (χ0v) is 14.6. The van der Waals surface area contributed by atoms with Crippen LogP contribution < -0.4 is 10.5 Å². The maximum absolute atomic E-state index is 11.3. The second kappa shape index (κ2) is 6.31. The number of hydrogen-bond acceptors (Lipinski definition) is 5. The SMILES string of the molecule is N#CC1=C(N)Oc2ccc3ccccc3c2C1c1cc([N+](=O)[O-])ccc1Cl. The Morgan fingerprint density at radius 2 is 1.96 bits per heavy atom. The predicted molar refractivity (Wildman–Crippen MR) is 101 cm³/mol. The maximum Gasteiger partial charge on any atom is 0.269 e.